The molecule has 1 aromatic heterocycles. The van der Waals surface area contributed by atoms with Crippen LogP contribution in [-0.2, 0) is 21.1 Å². The SMILES string of the molecule is C[C@H](Sc1nnc(NCCc2ccccc2)s1)C(=O)N[C@H]1CCS(=O)(=O)C1. The Balaban J connectivity index is 1.43. The van der Waals surface area contributed by atoms with Gasteiger partial charge in [0.15, 0.2) is 14.2 Å². The predicted octanol–water partition coefficient (Wildman–Crippen LogP) is 1.98. The average Bonchev–Trinajstić information content (AvgIpc) is 3.21. The van der Waals surface area contributed by atoms with E-state index in [-0.39, 0.29) is 28.7 Å². The fourth-order valence-corrected chi connectivity index (χ4v) is 6.32. The van der Waals surface area contributed by atoms with E-state index >= 15 is 0 Å². The molecule has 146 valence electrons. The second-order valence-corrected chi connectivity index (χ2v) is 11.2. The minimum atomic E-state index is -3.00. The van der Waals surface area contributed by atoms with Crippen LogP contribution < -0.4 is 10.6 Å². The molecule has 0 bridgehead atoms. The first-order valence-corrected chi connectivity index (χ1v) is 12.2. The van der Waals surface area contributed by atoms with Gasteiger partial charge in [0, 0.05) is 12.6 Å². The van der Waals surface area contributed by atoms with Gasteiger partial charge in [0.25, 0.3) is 0 Å². The third kappa shape index (κ3) is 6.18. The number of hydrogen-bond acceptors (Lipinski definition) is 8. The predicted molar refractivity (Wildman–Crippen MR) is 109 cm³/mol. The van der Waals surface area contributed by atoms with E-state index in [9.17, 15) is 13.2 Å². The largest absolute Gasteiger partial charge is 0.360 e. The van der Waals surface area contributed by atoms with Crippen molar-refractivity contribution in [3.8, 4) is 0 Å². The number of sulfone groups is 1. The highest BCUT2D eigenvalue weighted by molar-refractivity contribution is 8.02. The summed E-state index contributed by atoms with van der Waals surface area (Å²) in [4.78, 5) is 12.3. The molecule has 10 heteroatoms. The molecule has 0 unspecified atom stereocenters. The van der Waals surface area contributed by atoms with Crippen molar-refractivity contribution in [1.82, 2.24) is 15.5 Å². The number of amides is 1. The van der Waals surface area contributed by atoms with Gasteiger partial charge in [-0.25, -0.2) is 8.42 Å². The molecule has 1 aliphatic heterocycles. The average molecular weight is 427 g/mol. The minimum absolute atomic E-state index is 0.0322. The van der Waals surface area contributed by atoms with Crippen molar-refractivity contribution in [2.24, 2.45) is 0 Å². The third-order valence-corrected chi connectivity index (χ3v) is 8.00. The molecule has 0 saturated carbocycles. The fraction of sp³-hybridized carbons (Fsp3) is 0.471. The van der Waals surface area contributed by atoms with E-state index in [1.807, 2.05) is 18.2 Å². The number of hydrogen-bond donors (Lipinski definition) is 2. The first-order valence-electron chi connectivity index (χ1n) is 8.70. The lowest BCUT2D eigenvalue weighted by atomic mass is 10.2. The van der Waals surface area contributed by atoms with Gasteiger partial charge in [-0.2, -0.15) is 0 Å². The zero-order valence-electron chi connectivity index (χ0n) is 14.9. The van der Waals surface area contributed by atoms with Crippen LogP contribution in [0.5, 0.6) is 0 Å². The van der Waals surface area contributed by atoms with Crippen molar-refractivity contribution < 1.29 is 13.2 Å². The summed E-state index contributed by atoms with van der Waals surface area (Å²) in [6.07, 6.45) is 1.38. The fourth-order valence-electron chi connectivity index (χ4n) is 2.72. The van der Waals surface area contributed by atoms with Gasteiger partial charge >= 0.3 is 0 Å². The molecule has 0 spiro atoms. The quantitative estimate of drug-likeness (QED) is 0.622. The Labute approximate surface area is 167 Å². The first kappa shape index (κ1) is 20.1. The summed E-state index contributed by atoms with van der Waals surface area (Å²) >= 11 is 2.74. The van der Waals surface area contributed by atoms with Crippen LogP contribution in [0.4, 0.5) is 5.13 Å². The highest BCUT2D eigenvalue weighted by atomic mass is 32.2. The maximum absolute atomic E-state index is 12.3. The van der Waals surface area contributed by atoms with Crippen LogP contribution in [0.1, 0.15) is 18.9 Å². The Morgan fingerprint density at radius 3 is 2.81 bits per heavy atom. The van der Waals surface area contributed by atoms with E-state index in [2.05, 4.69) is 33.0 Å². The normalized spacial score (nSPS) is 19.5. The molecule has 2 atom stereocenters. The van der Waals surface area contributed by atoms with Gasteiger partial charge in [-0.05, 0) is 25.3 Å². The summed E-state index contributed by atoms with van der Waals surface area (Å²) in [6.45, 7) is 2.54. The highest BCUT2D eigenvalue weighted by Gasteiger charge is 2.30. The number of thioether (sulfide) groups is 1. The second kappa shape index (κ2) is 9.03. The van der Waals surface area contributed by atoms with Crippen LogP contribution in [0.15, 0.2) is 34.7 Å². The first-order chi connectivity index (χ1) is 12.9. The molecular formula is C17H22N4O3S3. The van der Waals surface area contributed by atoms with Gasteiger partial charge in [-0.1, -0.05) is 53.4 Å². The highest BCUT2D eigenvalue weighted by Crippen LogP contribution is 2.29. The molecule has 1 aromatic carbocycles. The topological polar surface area (TPSA) is 101 Å². The van der Waals surface area contributed by atoms with Crippen molar-refractivity contribution in [2.45, 2.75) is 35.4 Å². The number of benzene rings is 1. The maximum atomic E-state index is 12.3. The molecule has 3 rings (SSSR count). The molecule has 0 aliphatic carbocycles. The Kier molecular flexibility index (Phi) is 6.72. The lowest BCUT2D eigenvalue weighted by Crippen LogP contribution is -2.39. The Morgan fingerprint density at radius 2 is 2.11 bits per heavy atom. The molecule has 1 aliphatic rings. The molecular weight excluding hydrogens is 404 g/mol. The van der Waals surface area contributed by atoms with Crippen molar-refractivity contribution in [3.63, 3.8) is 0 Å². The van der Waals surface area contributed by atoms with Crippen molar-refractivity contribution in [1.29, 1.82) is 0 Å². The van der Waals surface area contributed by atoms with Crippen LogP contribution in [0.2, 0.25) is 0 Å². The van der Waals surface area contributed by atoms with Crippen LogP contribution in [-0.4, -0.2) is 53.9 Å². The Morgan fingerprint density at radius 1 is 1.33 bits per heavy atom. The Bertz CT molecular complexity index is 871. The number of aromatic nitrogens is 2. The van der Waals surface area contributed by atoms with Crippen LogP contribution in [0.3, 0.4) is 0 Å². The molecule has 2 heterocycles. The van der Waals surface area contributed by atoms with Gasteiger partial charge in [0.05, 0.1) is 16.8 Å². The number of rotatable bonds is 8. The summed E-state index contributed by atoms with van der Waals surface area (Å²) < 4.78 is 23.7. The summed E-state index contributed by atoms with van der Waals surface area (Å²) in [5, 5.41) is 14.6. The molecule has 1 saturated heterocycles. The van der Waals surface area contributed by atoms with Gasteiger partial charge in [-0.3, -0.25) is 4.79 Å². The summed E-state index contributed by atoms with van der Waals surface area (Å²) in [5.74, 6) is 0.00839. The van der Waals surface area contributed by atoms with E-state index in [0.29, 0.717) is 10.8 Å². The summed E-state index contributed by atoms with van der Waals surface area (Å²) in [5.41, 5.74) is 1.25. The van der Waals surface area contributed by atoms with Crippen LogP contribution >= 0.6 is 23.1 Å². The molecule has 7 nitrogen and oxygen atoms in total. The van der Waals surface area contributed by atoms with Crippen molar-refractivity contribution >= 4 is 44.0 Å². The number of carbonyl (C=O) groups excluding carboxylic acids is 1. The molecule has 2 aromatic rings. The maximum Gasteiger partial charge on any atom is 0.233 e. The monoisotopic (exact) mass is 426 g/mol. The zero-order chi connectivity index (χ0) is 19.3. The summed E-state index contributed by atoms with van der Waals surface area (Å²) in [6, 6.07) is 9.91. The molecule has 0 radical (unpaired) electrons. The van der Waals surface area contributed by atoms with Gasteiger partial charge in [0.2, 0.25) is 11.0 Å². The van der Waals surface area contributed by atoms with Gasteiger partial charge < -0.3 is 10.6 Å². The van der Waals surface area contributed by atoms with Crippen LogP contribution in [0, 0.1) is 0 Å². The van der Waals surface area contributed by atoms with Gasteiger partial charge in [0.1, 0.15) is 0 Å². The molecule has 1 amide bonds. The standard InChI is InChI=1S/C17H22N4O3S3/c1-12(15(22)19-14-8-10-27(23,24)11-14)25-17-21-20-16(26-17)18-9-7-13-5-3-2-4-6-13/h2-6,12,14H,7-11H2,1H3,(H,18,20)(H,19,22)/t12-,14-/m0/s1. The second-order valence-electron chi connectivity index (χ2n) is 6.40. The summed E-state index contributed by atoms with van der Waals surface area (Å²) in [7, 11) is -3.00. The van der Waals surface area contributed by atoms with Crippen LogP contribution in [0.25, 0.3) is 0 Å². The van der Waals surface area contributed by atoms with E-state index in [4.69, 9.17) is 0 Å². The number of nitrogens with zero attached hydrogens (tertiary/aromatic N) is 2. The van der Waals surface area contributed by atoms with Crippen molar-refractivity contribution in [2.75, 3.05) is 23.4 Å². The number of carbonyl (C=O) groups is 1. The lowest BCUT2D eigenvalue weighted by molar-refractivity contribution is -0.120. The lowest BCUT2D eigenvalue weighted by Gasteiger charge is -2.14. The molecule has 2 N–H and O–H groups in total. The van der Waals surface area contributed by atoms with Crippen molar-refractivity contribution in [3.05, 3.63) is 35.9 Å². The van der Waals surface area contributed by atoms with E-state index < -0.39 is 9.84 Å². The molecule has 1 fully saturated rings. The third-order valence-electron chi connectivity index (χ3n) is 4.16. The smallest absolute Gasteiger partial charge is 0.233 e. The number of nitrogens with one attached hydrogen (secondary N) is 2. The number of anilines is 1. The van der Waals surface area contributed by atoms with Gasteiger partial charge in [-0.15, -0.1) is 10.2 Å². The Hall–Kier alpha value is -1.65. The minimum Gasteiger partial charge on any atom is -0.360 e. The van der Waals surface area contributed by atoms with E-state index in [0.717, 1.165) is 18.1 Å². The van der Waals surface area contributed by atoms with E-state index in [1.54, 1.807) is 6.92 Å². The van der Waals surface area contributed by atoms with E-state index in [1.165, 1.54) is 28.7 Å². The zero-order valence-corrected chi connectivity index (χ0v) is 17.4. The molecule has 27 heavy (non-hydrogen) atoms.